The molecule has 1 rings (SSSR count). The van der Waals surface area contributed by atoms with Crippen LogP contribution < -0.4 is 0 Å². The van der Waals surface area contributed by atoms with Crippen LogP contribution in [0.1, 0.15) is 18.4 Å². The van der Waals surface area contributed by atoms with Crippen molar-refractivity contribution in [3.8, 4) is 0 Å². The van der Waals surface area contributed by atoms with Crippen LogP contribution in [0.15, 0.2) is 28.7 Å². The molecule has 0 spiro atoms. The van der Waals surface area contributed by atoms with Gasteiger partial charge >= 0.3 is 0 Å². The van der Waals surface area contributed by atoms with Gasteiger partial charge in [-0.15, -0.1) is 0 Å². The monoisotopic (exact) mass is 296 g/mol. The first-order valence-electron chi connectivity index (χ1n) is 4.13. The molecule has 0 bridgehead atoms. The van der Waals surface area contributed by atoms with Gasteiger partial charge in [-0.3, -0.25) is 0 Å². The standard InChI is InChI=1S/C9H11BrCl2Si/c1-7(6-13(11)12)8-2-4-9(10)5-3-8/h2-5,7,13H,6H2,1H3. The molecule has 1 aromatic rings. The molecule has 72 valence electrons. The summed E-state index contributed by atoms with van der Waals surface area (Å²) >= 11 is 15.1. The van der Waals surface area contributed by atoms with Crippen molar-refractivity contribution in [2.24, 2.45) is 0 Å². The van der Waals surface area contributed by atoms with Crippen LogP contribution in [0.5, 0.6) is 0 Å². The van der Waals surface area contributed by atoms with Crippen LogP contribution in [0.3, 0.4) is 0 Å². The number of halogens is 3. The Morgan fingerprint density at radius 1 is 1.31 bits per heavy atom. The molecule has 0 aliphatic rings. The first-order valence-corrected chi connectivity index (χ1v) is 9.23. The third kappa shape index (κ3) is 4.02. The predicted molar refractivity (Wildman–Crippen MR) is 66.2 cm³/mol. The lowest BCUT2D eigenvalue weighted by atomic mass is 10.0. The second-order valence-corrected chi connectivity index (χ2v) is 9.08. The van der Waals surface area contributed by atoms with Gasteiger partial charge < -0.3 is 0 Å². The molecule has 1 atom stereocenters. The van der Waals surface area contributed by atoms with Crippen LogP contribution in [0, 0.1) is 0 Å². The SMILES string of the molecule is CC(C[SiH](Cl)Cl)c1ccc(Br)cc1. The molecule has 0 saturated carbocycles. The fraction of sp³-hybridized carbons (Fsp3) is 0.333. The van der Waals surface area contributed by atoms with Gasteiger partial charge in [0.1, 0.15) is 0 Å². The summed E-state index contributed by atoms with van der Waals surface area (Å²) in [5.74, 6) is 0.472. The Balaban J connectivity index is 2.66. The van der Waals surface area contributed by atoms with Crippen molar-refractivity contribution in [1.29, 1.82) is 0 Å². The van der Waals surface area contributed by atoms with Gasteiger partial charge in [-0.1, -0.05) is 35.0 Å². The molecule has 0 fully saturated rings. The maximum absolute atomic E-state index is 5.85. The molecule has 4 heteroatoms. The van der Waals surface area contributed by atoms with Crippen molar-refractivity contribution in [1.82, 2.24) is 0 Å². The maximum Gasteiger partial charge on any atom is 0.237 e. The van der Waals surface area contributed by atoms with Crippen LogP contribution in [0.4, 0.5) is 0 Å². The van der Waals surface area contributed by atoms with Gasteiger partial charge in [-0.05, 0) is 29.7 Å². The average molecular weight is 298 g/mol. The molecule has 1 unspecified atom stereocenters. The van der Waals surface area contributed by atoms with Gasteiger partial charge in [0.25, 0.3) is 0 Å². The topological polar surface area (TPSA) is 0 Å². The van der Waals surface area contributed by atoms with Gasteiger partial charge in [0.15, 0.2) is 0 Å². The van der Waals surface area contributed by atoms with Crippen molar-refractivity contribution < 1.29 is 0 Å². The van der Waals surface area contributed by atoms with E-state index in [0.29, 0.717) is 5.92 Å². The molecular formula is C9H11BrCl2Si. The minimum Gasteiger partial charge on any atom is -0.150 e. The highest BCUT2D eigenvalue weighted by molar-refractivity contribution is 9.10. The van der Waals surface area contributed by atoms with Crippen molar-refractivity contribution in [3.63, 3.8) is 0 Å². The van der Waals surface area contributed by atoms with Gasteiger partial charge in [-0.2, -0.15) is 22.2 Å². The second kappa shape index (κ2) is 5.40. The van der Waals surface area contributed by atoms with Crippen molar-refractivity contribution in [2.75, 3.05) is 0 Å². The molecule has 0 saturated heterocycles. The Kier molecular flexibility index (Phi) is 4.80. The fourth-order valence-corrected chi connectivity index (χ4v) is 3.87. The lowest BCUT2D eigenvalue weighted by Gasteiger charge is -2.11. The largest absolute Gasteiger partial charge is 0.237 e. The lowest BCUT2D eigenvalue weighted by molar-refractivity contribution is 0.860. The van der Waals surface area contributed by atoms with Crippen LogP contribution in [0.2, 0.25) is 6.04 Å². The summed E-state index contributed by atoms with van der Waals surface area (Å²) in [7, 11) is -1.48. The zero-order valence-electron chi connectivity index (χ0n) is 7.31. The molecule has 0 aliphatic carbocycles. The highest BCUT2D eigenvalue weighted by Gasteiger charge is 2.11. The van der Waals surface area contributed by atoms with E-state index in [1.54, 1.807) is 0 Å². The third-order valence-corrected chi connectivity index (χ3v) is 4.63. The molecular weight excluding hydrogens is 287 g/mol. The van der Waals surface area contributed by atoms with E-state index in [-0.39, 0.29) is 0 Å². The Hall–Kier alpha value is 0.497. The van der Waals surface area contributed by atoms with Crippen LogP contribution >= 0.6 is 38.1 Å². The smallest absolute Gasteiger partial charge is 0.150 e. The molecule has 0 nitrogen and oxygen atoms in total. The number of hydrogen-bond donors (Lipinski definition) is 0. The average Bonchev–Trinajstić information content (AvgIpc) is 2.04. The molecule has 0 radical (unpaired) electrons. The molecule has 0 aromatic heterocycles. The summed E-state index contributed by atoms with van der Waals surface area (Å²) in [6, 6.07) is 9.25. The van der Waals surface area contributed by atoms with E-state index in [9.17, 15) is 0 Å². The van der Waals surface area contributed by atoms with E-state index in [4.69, 9.17) is 22.2 Å². The Bertz CT molecular complexity index is 261. The summed E-state index contributed by atoms with van der Waals surface area (Å²) in [6.07, 6.45) is 0. The Morgan fingerprint density at radius 2 is 1.85 bits per heavy atom. The first-order chi connectivity index (χ1) is 6.09. The van der Waals surface area contributed by atoms with E-state index >= 15 is 0 Å². The summed E-state index contributed by atoms with van der Waals surface area (Å²) < 4.78 is 1.11. The zero-order chi connectivity index (χ0) is 9.84. The summed E-state index contributed by atoms with van der Waals surface area (Å²) in [5, 5.41) is 0. The minimum absolute atomic E-state index is 0.472. The van der Waals surface area contributed by atoms with E-state index in [1.807, 2.05) is 12.1 Å². The van der Waals surface area contributed by atoms with Crippen molar-refractivity contribution in [3.05, 3.63) is 34.3 Å². The molecule has 0 heterocycles. The summed E-state index contributed by atoms with van der Waals surface area (Å²) in [5.41, 5.74) is 1.31. The molecule has 1 aromatic carbocycles. The predicted octanol–water partition coefficient (Wildman–Crippen LogP) is 4.25. The number of benzene rings is 1. The molecule has 0 N–H and O–H groups in total. The zero-order valence-corrected chi connectivity index (χ0v) is 11.6. The normalized spacial score (nSPS) is 13.3. The second-order valence-electron chi connectivity index (χ2n) is 3.08. The quantitative estimate of drug-likeness (QED) is 0.578. The maximum atomic E-state index is 5.85. The van der Waals surface area contributed by atoms with E-state index in [0.717, 1.165) is 10.5 Å². The highest BCUT2D eigenvalue weighted by atomic mass is 79.9. The van der Waals surface area contributed by atoms with Gasteiger partial charge in [0.2, 0.25) is 7.42 Å². The summed E-state index contributed by atoms with van der Waals surface area (Å²) in [6.45, 7) is 2.16. The van der Waals surface area contributed by atoms with Crippen LogP contribution in [-0.2, 0) is 0 Å². The third-order valence-electron chi connectivity index (χ3n) is 1.97. The Morgan fingerprint density at radius 3 is 2.31 bits per heavy atom. The van der Waals surface area contributed by atoms with Gasteiger partial charge in [0.05, 0.1) is 0 Å². The van der Waals surface area contributed by atoms with E-state index in [2.05, 4.69) is 35.0 Å². The summed E-state index contributed by atoms with van der Waals surface area (Å²) in [4.78, 5) is 0. The van der Waals surface area contributed by atoms with Crippen LogP contribution in [0.25, 0.3) is 0 Å². The number of hydrogen-bond acceptors (Lipinski definition) is 0. The van der Waals surface area contributed by atoms with Gasteiger partial charge in [0, 0.05) is 4.47 Å². The lowest BCUT2D eigenvalue weighted by Crippen LogP contribution is -2.00. The van der Waals surface area contributed by atoms with E-state index < -0.39 is 7.42 Å². The highest BCUT2D eigenvalue weighted by Crippen LogP contribution is 2.24. The molecule has 13 heavy (non-hydrogen) atoms. The number of rotatable bonds is 3. The minimum atomic E-state index is -1.48. The van der Waals surface area contributed by atoms with Crippen molar-refractivity contribution in [2.45, 2.75) is 18.9 Å². The molecule has 0 amide bonds. The van der Waals surface area contributed by atoms with E-state index in [1.165, 1.54) is 5.56 Å². The first kappa shape index (κ1) is 11.6. The molecule has 0 aliphatic heterocycles. The van der Waals surface area contributed by atoms with Crippen LogP contribution in [-0.4, -0.2) is 7.42 Å². The Labute approximate surface area is 98.4 Å². The van der Waals surface area contributed by atoms with Crippen molar-refractivity contribution >= 4 is 45.5 Å². The van der Waals surface area contributed by atoms with Gasteiger partial charge in [-0.25, -0.2) is 0 Å². The fourth-order valence-electron chi connectivity index (χ4n) is 1.19.